The minimum absolute atomic E-state index is 0.121. The molecule has 0 unspecified atom stereocenters. The number of nitrogens with one attached hydrogen (secondary N) is 1. The molecule has 0 fully saturated rings. The number of thiophene rings is 1. The van der Waals surface area contributed by atoms with E-state index in [2.05, 4.69) is 5.32 Å². The first-order valence-corrected chi connectivity index (χ1v) is 6.34. The number of ketones is 1. The quantitative estimate of drug-likeness (QED) is 0.798. The monoisotopic (exact) mass is 269 g/mol. The Bertz CT molecular complexity index is 478. The summed E-state index contributed by atoms with van der Waals surface area (Å²) in [6.45, 7) is 4.85. The zero-order valence-electron chi connectivity index (χ0n) is 10.4. The molecule has 0 aliphatic carbocycles. The van der Waals surface area contributed by atoms with Crippen LogP contribution in [-0.4, -0.2) is 28.8 Å². The summed E-state index contributed by atoms with van der Waals surface area (Å²) in [5.74, 6) is -1.86. The van der Waals surface area contributed by atoms with Crippen LogP contribution in [0.1, 0.15) is 40.8 Å². The SMILES string of the molecule is CC(=O)c1csc(C(=O)N[C@@H](C(=O)O)C(C)C)c1. The van der Waals surface area contributed by atoms with Gasteiger partial charge in [-0.3, -0.25) is 9.59 Å². The van der Waals surface area contributed by atoms with Gasteiger partial charge in [-0.05, 0) is 18.9 Å². The Hall–Kier alpha value is -1.69. The zero-order valence-corrected chi connectivity index (χ0v) is 11.2. The lowest BCUT2D eigenvalue weighted by Crippen LogP contribution is -2.44. The first-order valence-electron chi connectivity index (χ1n) is 5.46. The molecule has 0 saturated heterocycles. The van der Waals surface area contributed by atoms with Crippen molar-refractivity contribution in [1.29, 1.82) is 0 Å². The molecular formula is C12H15NO4S. The minimum Gasteiger partial charge on any atom is -0.480 e. The Morgan fingerprint density at radius 3 is 2.33 bits per heavy atom. The van der Waals surface area contributed by atoms with Crippen molar-refractivity contribution in [1.82, 2.24) is 5.32 Å². The summed E-state index contributed by atoms with van der Waals surface area (Å²) in [6, 6.07) is 0.544. The number of amides is 1. The van der Waals surface area contributed by atoms with E-state index in [1.807, 2.05) is 0 Å². The average Bonchev–Trinajstić information content (AvgIpc) is 2.73. The van der Waals surface area contributed by atoms with Crippen molar-refractivity contribution in [3.05, 3.63) is 21.9 Å². The smallest absolute Gasteiger partial charge is 0.326 e. The van der Waals surface area contributed by atoms with Gasteiger partial charge in [0.05, 0.1) is 4.88 Å². The lowest BCUT2D eigenvalue weighted by Gasteiger charge is -2.17. The molecule has 0 spiro atoms. The number of carboxylic acid groups (broad SMARTS) is 1. The molecule has 18 heavy (non-hydrogen) atoms. The topological polar surface area (TPSA) is 83.5 Å². The Morgan fingerprint density at radius 2 is 1.94 bits per heavy atom. The van der Waals surface area contributed by atoms with Crippen molar-refractivity contribution in [3.63, 3.8) is 0 Å². The van der Waals surface area contributed by atoms with E-state index in [0.717, 1.165) is 11.3 Å². The van der Waals surface area contributed by atoms with E-state index in [9.17, 15) is 14.4 Å². The summed E-state index contributed by atoms with van der Waals surface area (Å²) in [5.41, 5.74) is 0.460. The number of carboxylic acids is 1. The molecule has 1 aromatic rings. The van der Waals surface area contributed by atoms with Crippen molar-refractivity contribution < 1.29 is 19.5 Å². The molecule has 0 saturated carbocycles. The summed E-state index contributed by atoms with van der Waals surface area (Å²) < 4.78 is 0. The highest BCUT2D eigenvalue weighted by atomic mass is 32.1. The number of carbonyl (C=O) groups excluding carboxylic acids is 2. The van der Waals surface area contributed by atoms with E-state index in [-0.39, 0.29) is 11.7 Å². The average molecular weight is 269 g/mol. The van der Waals surface area contributed by atoms with Crippen LogP contribution in [0, 0.1) is 5.92 Å². The second-order valence-electron chi connectivity index (χ2n) is 4.29. The maximum absolute atomic E-state index is 11.8. The molecular weight excluding hydrogens is 254 g/mol. The second-order valence-corrected chi connectivity index (χ2v) is 5.20. The van der Waals surface area contributed by atoms with Crippen LogP contribution in [0.4, 0.5) is 0 Å². The van der Waals surface area contributed by atoms with Gasteiger partial charge in [0.1, 0.15) is 6.04 Å². The molecule has 98 valence electrons. The van der Waals surface area contributed by atoms with Crippen LogP contribution < -0.4 is 5.32 Å². The van der Waals surface area contributed by atoms with Crippen LogP contribution in [0.15, 0.2) is 11.4 Å². The van der Waals surface area contributed by atoms with E-state index >= 15 is 0 Å². The Kier molecular flexibility index (Phi) is 4.61. The van der Waals surface area contributed by atoms with Crippen molar-refractivity contribution >= 4 is 29.0 Å². The fraction of sp³-hybridized carbons (Fsp3) is 0.417. The van der Waals surface area contributed by atoms with Gasteiger partial charge in [0.25, 0.3) is 5.91 Å². The van der Waals surface area contributed by atoms with Crippen LogP contribution in [0.2, 0.25) is 0 Å². The van der Waals surface area contributed by atoms with Gasteiger partial charge in [0.15, 0.2) is 5.78 Å². The molecule has 1 aromatic heterocycles. The predicted octanol–water partition coefficient (Wildman–Crippen LogP) is 1.79. The van der Waals surface area contributed by atoms with Gasteiger partial charge in [-0.25, -0.2) is 4.79 Å². The van der Waals surface area contributed by atoms with E-state index < -0.39 is 17.9 Å². The maximum atomic E-state index is 11.8. The van der Waals surface area contributed by atoms with Crippen LogP contribution in [-0.2, 0) is 4.79 Å². The van der Waals surface area contributed by atoms with Crippen molar-refractivity contribution in [2.45, 2.75) is 26.8 Å². The van der Waals surface area contributed by atoms with Crippen molar-refractivity contribution in [2.75, 3.05) is 0 Å². The third-order valence-electron chi connectivity index (χ3n) is 2.45. The summed E-state index contributed by atoms with van der Waals surface area (Å²) in [7, 11) is 0. The minimum atomic E-state index is -1.07. The Labute approximate surface area is 109 Å². The first-order chi connectivity index (χ1) is 8.32. The van der Waals surface area contributed by atoms with Gasteiger partial charge in [-0.15, -0.1) is 11.3 Å². The third-order valence-corrected chi connectivity index (χ3v) is 3.38. The summed E-state index contributed by atoms with van der Waals surface area (Å²) in [4.78, 5) is 34.2. The lowest BCUT2D eigenvalue weighted by atomic mass is 10.0. The van der Waals surface area contributed by atoms with Gasteiger partial charge in [0, 0.05) is 10.9 Å². The number of aliphatic carboxylic acids is 1. The van der Waals surface area contributed by atoms with Crippen LogP contribution >= 0.6 is 11.3 Å². The highest BCUT2D eigenvalue weighted by Crippen LogP contribution is 2.16. The number of carbonyl (C=O) groups is 3. The molecule has 2 N–H and O–H groups in total. The zero-order chi connectivity index (χ0) is 13.9. The normalized spacial score (nSPS) is 12.2. The molecule has 0 aliphatic heterocycles. The predicted molar refractivity (Wildman–Crippen MR) is 68.1 cm³/mol. The molecule has 1 amide bonds. The van der Waals surface area contributed by atoms with Gasteiger partial charge in [0.2, 0.25) is 0 Å². The molecule has 0 radical (unpaired) electrons. The lowest BCUT2D eigenvalue weighted by molar-refractivity contribution is -0.140. The van der Waals surface area contributed by atoms with Crippen molar-refractivity contribution in [2.24, 2.45) is 5.92 Å². The largest absolute Gasteiger partial charge is 0.480 e. The molecule has 5 nitrogen and oxygen atoms in total. The molecule has 0 aromatic carbocycles. The van der Waals surface area contributed by atoms with Gasteiger partial charge in [-0.2, -0.15) is 0 Å². The van der Waals surface area contributed by atoms with Crippen LogP contribution in [0.3, 0.4) is 0 Å². The number of Topliss-reactive ketones (excluding diaryl/α,β-unsaturated/α-hetero) is 1. The van der Waals surface area contributed by atoms with Crippen LogP contribution in [0.25, 0.3) is 0 Å². The van der Waals surface area contributed by atoms with Crippen molar-refractivity contribution in [3.8, 4) is 0 Å². The Balaban J connectivity index is 2.80. The summed E-state index contributed by atoms with van der Waals surface area (Å²) in [6.07, 6.45) is 0. The van der Waals surface area contributed by atoms with Crippen LogP contribution in [0.5, 0.6) is 0 Å². The molecule has 1 heterocycles. The molecule has 1 atom stereocenters. The fourth-order valence-electron chi connectivity index (χ4n) is 1.37. The van der Waals surface area contributed by atoms with E-state index in [4.69, 9.17) is 5.11 Å². The number of hydrogen-bond donors (Lipinski definition) is 2. The van der Waals surface area contributed by atoms with E-state index in [1.54, 1.807) is 19.2 Å². The molecule has 6 heteroatoms. The summed E-state index contributed by atoms with van der Waals surface area (Å²) >= 11 is 1.13. The number of hydrogen-bond acceptors (Lipinski definition) is 4. The van der Waals surface area contributed by atoms with E-state index in [0.29, 0.717) is 10.4 Å². The van der Waals surface area contributed by atoms with Gasteiger partial charge >= 0.3 is 5.97 Å². The molecule has 0 aliphatic rings. The third kappa shape index (κ3) is 3.40. The molecule has 1 rings (SSSR count). The standard InChI is InChI=1S/C12H15NO4S/c1-6(2)10(12(16)17)13-11(15)9-4-8(5-18-9)7(3)14/h4-6,10H,1-3H3,(H,13,15)(H,16,17)/t10-/m1/s1. The number of rotatable bonds is 5. The first kappa shape index (κ1) is 14.4. The van der Waals surface area contributed by atoms with Gasteiger partial charge < -0.3 is 10.4 Å². The Morgan fingerprint density at radius 1 is 1.33 bits per heavy atom. The molecule has 0 bridgehead atoms. The highest BCUT2D eigenvalue weighted by molar-refractivity contribution is 7.12. The highest BCUT2D eigenvalue weighted by Gasteiger charge is 2.24. The second kappa shape index (κ2) is 5.77. The van der Waals surface area contributed by atoms with Gasteiger partial charge in [-0.1, -0.05) is 13.8 Å². The summed E-state index contributed by atoms with van der Waals surface area (Å²) in [5, 5.41) is 13.0. The maximum Gasteiger partial charge on any atom is 0.326 e. The fourth-order valence-corrected chi connectivity index (χ4v) is 2.21. The van der Waals surface area contributed by atoms with E-state index in [1.165, 1.54) is 13.0 Å².